The van der Waals surface area contributed by atoms with Crippen LogP contribution in [0.3, 0.4) is 0 Å². The normalized spacial score (nSPS) is 12.2. The van der Waals surface area contributed by atoms with Gasteiger partial charge in [-0.05, 0) is 103 Å². The smallest absolute Gasteiger partial charge is 0.149 e. The molecule has 0 bridgehead atoms. The third kappa shape index (κ3) is 4.35. The summed E-state index contributed by atoms with van der Waals surface area (Å²) in [4.78, 5) is 10.5. The van der Waals surface area contributed by atoms with E-state index in [1.165, 1.54) is 44.2 Å². The minimum atomic E-state index is 0.000140. The fourth-order valence-electron chi connectivity index (χ4n) is 6.79. The minimum Gasteiger partial charge on any atom is -0.294 e. The van der Waals surface area contributed by atoms with Gasteiger partial charge in [0.1, 0.15) is 17.1 Å². The monoisotopic (exact) mass is 584 g/mol. The van der Waals surface area contributed by atoms with E-state index < -0.39 is 0 Å². The predicted molar refractivity (Wildman–Crippen MR) is 189 cm³/mol. The first-order chi connectivity index (χ1) is 21.7. The van der Waals surface area contributed by atoms with Gasteiger partial charge in [0.25, 0.3) is 0 Å². The van der Waals surface area contributed by atoms with Crippen LogP contribution in [0.15, 0.2) is 109 Å². The lowest BCUT2D eigenvalue weighted by atomic mass is 9.88. The summed E-state index contributed by atoms with van der Waals surface area (Å²) < 4.78 is 4.58. The molecule has 0 saturated carbocycles. The van der Waals surface area contributed by atoms with Crippen LogP contribution in [0.1, 0.15) is 43.0 Å². The van der Waals surface area contributed by atoms with E-state index in [0.717, 1.165) is 44.6 Å². The zero-order valence-electron chi connectivity index (χ0n) is 26.7. The molecule has 4 nitrogen and oxygen atoms in total. The third-order valence-corrected chi connectivity index (χ3v) is 9.17. The molecule has 0 unspecified atom stereocenters. The Kier molecular flexibility index (Phi) is 6.01. The summed E-state index contributed by atoms with van der Waals surface area (Å²) >= 11 is 0. The van der Waals surface area contributed by atoms with E-state index in [1.54, 1.807) is 0 Å². The number of aromatic nitrogens is 4. The first kappa shape index (κ1) is 27.3. The second kappa shape index (κ2) is 9.90. The van der Waals surface area contributed by atoms with Gasteiger partial charge < -0.3 is 0 Å². The summed E-state index contributed by atoms with van der Waals surface area (Å²) in [5.74, 6) is 0.887. The van der Waals surface area contributed by atoms with Crippen molar-refractivity contribution in [1.29, 1.82) is 0 Å². The van der Waals surface area contributed by atoms with Crippen molar-refractivity contribution in [3.05, 3.63) is 132 Å². The highest BCUT2D eigenvalue weighted by molar-refractivity contribution is 6.16. The number of hydrogen-bond acceptors (Lipinski definition) is 2. The molecule has 45 heavy (non-hydrogen) atoms. The lowest BCUT2D eigenvalue weighted by Gasteiger charge is -2.19. The lowest BCUT2D eigenvalue weighted by molar-refractivity contribution is 0.588. The summed E-state index contributed by atoms with van der Waals surface area (Å²) in [5.41, 5.74) is 12.6. The van der Waals surface area contributed by atoms with E-state index >= 15 is 0 Å². The average Bonchev–Trinajstić information content (AvgIpc) is 3.51. The van der Waals surface area contributed by atoms with Crippen LogP contribution >= 0.6 is 0 Å². The fraction of sp³-hybridized carbons (Fsp3) is 0.171. The maximum atomic E-state index is 5.56. The van der Waals surface area contributed by atoms with E-state index in [2.05, 4.69) is 154 Å². The maximum Gasteiger partial charge on any atom is 0.149 e. The van der Waals surface area contributed by atoms with Crippen molar-refractivity contribution in [2.75, 3.05) is 0 Å². The summed E-state index contributed by atoms with van der Waals surface area (Å²) in [6.45, 7) is 13.2. The van der Waals surface area contributed by atoms with Gasteiger partial charge in [0.15, 0.2) is 0 Å². The third-order valence-electron chi connectivity index (χ3n) is 9.17. The van der Waals surface area contributed by atoms with Gasteiger partial charge in [0.2, 0.25) is 0 Å². The second-order valence-corrected chi connectivity index (χ2v) is 13.5. The molecule has 0 N–H and O–H groups in total. The van der Waals surface area contributed by atoms with Gasteiger partial charge in [-0.2, -0.15) is 0 Å². The number of rotatable bonds is 3. The van der Waals surface area contributed by atoms with Crippen molar-refractivity contribution < 1.29 is 0 Å². The molecule has 0 fully saturated rings. The van der Waals surface area contributed by atoms with Gasteiger partial charge in [0, 0.05) is 33.4 Å². The number of nitrogens with zero attached hydrogens (tertiary/aromatic N) is 4. The van der Waals surface area contributed by atoms with E-state index in [0.29, 0.717) is 0 Å². The Morgan fingerprint density at radius 3 is 1.93 bits per heavy atom. The van der Waals surface area contributed by atoms with Crippen LogP contribution in [-0.4, -0.2) is 19.1 Å². The Morgan fingerprint density at radius 1 is 0.578 bits per heavy atom. The number of aryl methyl sites for hydroxylation is 3. The Bertz CT molecular complexity index is 2450. The van der Waals surface area contributed by atoms with Crippen molar-refractivity contribution in [1.82, 2.24) is 19.1 Å². The largest absolute Gasteiger partial charge is 0.294 e. The highest BCUT2D eigenvalue weighted by atomic mass is 15.1. The highest BCUT2D eigenvalue weighted by Gasteiger charge is 2.22. The van der Waals surface area contributed by atoms with Crippen LogP contribution in [0.2, 0.25) is 0 Å². The van der Waals surface area contributed by atoms with E-state index in [9.17, 15) is 0 Å². The van der Waals surface area contributed by atoms with Gasteiger partial charge in [0.05, 0.1) is 11.0 Å². The summed E-state index contributed by atoms with van der Waals surface area (Å²) in [5, 5.41) is 4.69. The number of benzene rings is 4. The van der Waals surface area contributed by atoms with E-state index in [-0.39, 0.29) is 5.41 Å². The van der Waals surface area contributed by atoms with Crippen molar-refractivity contribution in [2.24, 2.45) is 0 Å². The maximum absolute atomic E-state index is 5.56. The Balaban J connectivity index is 1.49. The van der Waals surface area contributed by atoms with Crippen LogP contribution in [0.4, 0.5) is 0 Å². The average molecular weight is 585 g/mol. The van der Waals surface area contributed by atoms with Gasteiger partial charge in [-0.15, -0.1) is 0 Å². The van der Waals surface area contributed by atoms with Gasteiger partial charge >= 0.3 is 0 Å². The van der Waals surface area contributed by atoms with Crippen molar-refractivity contribution in [3.63, 3.8) is 0 Å². The molecule has 0 radical (unpaired) electrons. The number of pyridine rings is 2. The summed E-state index contributed by atoms with van der Waals surface area (Å²) in [6.07, 6.45) is 1.93. The number of hydrogen-bond donors (Lipinski definition) is 0. The zero-order chi connectivity index (χ0) is 31.0. The predicted octanol–water partition coefficient (Wildman–Crippen LogP) is 10.6. The first-order valence-electron chi connectivity index (χ1n) is 15.7. The van der Waals surface area contributed by atoms with Crippen molar-refractivity contribution >= 4 is 43.9 Å². The summed E-state index contributed by atoms with van der Waals surface area (Å²) in [6, 6.07) is 37.5. The first-order valence-corrected chi connectivity index (χ1v) is 15.7. The Labute approximate surface area is 263 Å². The van der Waals surface area contributed by atoms with Crippen molar-refractivity contribution in [2.45, 2.75) is 47.0 Å². The van der Waals surface area contributed by atoms with Crippen LogP contribution in [0.25, 0.3) is 66.5 Å². The molecule has 4 heterocycles. The summed E-state index contributed by atoms with van der Waals surface area (Å²) in [7, 11) is 0. The molecule has 0 atom stereocenters. The molecule has 4 heteroatoms. The fourth-order valence-corrected chi connectivity index (χ4v) is 6.79. The quantitative estimate of drug-likeness (QED) is 0.207. The molecule has 220 valence electrons. The van der Waals surface area contributed by atoms with Crippen LogP contribution in [0, 0.1) is 20.8 Å². The van der Waals surface area contributed by atoms with Gasteiger partial charge in [-0.3, -0.25) is 9.13 Å². The van der Waals surface area contributed by atoms with Gasteiger partial charge in [-0.25, -0.2) is 9.97 Å². The number of fused-ring (bicyclic) bond motifs is 6. The van der Waals surface area contributed by atoms with Crippen LogP contribution < -0.4 is 0 Å². The SMILES string of the molecule is Cc1ccc2c(c1)c1cc3c4cc(C)ccc4n(-c4cc(C(C)(C)C)ccn4)c3nc1n2-c1cccc(-c2ccccc2C)c1. The molecular formula is C41H36N4. The highest BCUT2D eigenvalue weighted by Crippen LogP contribution is 2.39. The van der Waals surface area contributed by atoms with E-state index in [4.69, 9.17) is 9.97 Å². The zero-order valence-corrected chi connectivity index (χ0v) is 26.7. The van der Waals surface area contributed by atoms with E-state index in [1.807, 2.05) is 6.20 Å². The molecule has 0 saturated heterocycles. The molecule has 4 aromatic carbocycles. The molecule has 0 amide bonds. The molecule has 0 aliphatic carbocycles. The molecule has 4 aromatic heterocycles. The molecule has 0 spiro atoms. The molecule has 0 aliphatic heterocycles. The molecule has 0 aliphatic rings. The second-order valence-electron chi connectivity index (χ2n) is 13.5. The minimum absolute atomic E-state index is 0.000140. The van der Waals surface area contributed by atoms with Crippen molar-refractivity contribution in [3.8, 4) is 22.6 Å². The van der Waals surface area contributed by atoms with Crippen LogP contribution in [-0.2, 0) is 5.41 Å². The Hall–Kier alpha value is -5.22. The molecular weight excluding hydrogens is 548 g/mol. The standard InChI is InChI=1S/C41H36N4/c1-25-14-16-36-32(20-25)34-24-35-33-21-26(2)15-17-37(33)45(38-23-29(18-19-42-38)41(4,5)6)40(35)43-39(34)44(36)30-12-9-11-28(22-30)31-13-8-7-10-27(31)3/h7-24H,1-6H3. The Morgan fingerprint density at radius 2 is 1.24 bits per heavy atom. The van der Waals surface area contributed by atoms with Gasteiger partial charge in [-0.1, -0.05) is 80.4 Å². The topological polar surface area (TPSA) is 35.6 Å². The molecule has 8 aromatic rings. The molecule has 8 rings (SSSR count). The van der Waals surface area contributed by atoms with Crippen LogP contribution in [0.5, 0.6) is 0 Å². The lowest BCUT2D eigenvalue weighted by Crippen LogP contribution is -2.12.